The number of halogens is 1. The molecule has 0 aromatic rings. The van der Waals surface area contributed by atoms with Gasteiger partial charge in [0.1, 0.15) is 0 Å². The molecule has 0 aliphatic rings. The van der Waals surface area contributed by atoms with Crippen LogP contribution in [0.15, 0.2) is 0 Å². The summed E-state index contributed by atoms with van der Waals surface area (Å²) in [6.45, 7) is 21.1. The van der Waals surface area contributed by atoms with Crippen LogP contribution in [0, 0.1) is 11.3 Å². The van der Waals surface area contributed by atoms with Crippen molar-refractivity contribution in [2.45, 2.75) is 77.8 Å². The Morgan fingerprint density at radius 2 is 1.68 bits per heavy atom. The smallest absolute Gasteiger partial charge is 0.233 e. The fourth-order valence-electron chi connectivity index (χ4n) is 1.60. The van der Waals surface area contributed by atoms with Gasteiger partial charge in [0, 0.05) is 18.6 Å². The van der Waals surface area contributed by atoms with Crippen LogP contribution >= 0.6 is 15.9 Å². The first-order valence-corrected chi connectivity index (χ1v) is 12.1. The van der Waals surface area contributed by atoms with Gasteiger partial charge in [-0.05, 0) is 30.5 Å². The number of amides is 1. The van der Waals surface area contributed by atoms with Crippen molar-refractivity contribution in [1.29, 1.82) is 0 Å². The lowest BCUT2D eigenvalue weighted by Gasteiger charge is -2.39. The summed E-state index contributed by atoms with van der Waals surface area (Å²) in [6.07, 6.45) is 0.854. The molecule has 0 saturated carbocycles. The van der Waals surface area contributed by atoms with E-state index in [4.69, 9.17) is 4.43 Å². The molecule has 0 saturated heterocycles. The maximum Gasteiger partial charge on any atom is 0.233 e. The molecule has 5 heteroatoms. The molecule has 1 N–H and O–H groups in total. The lowest BCUT2D eigenvalue weighted by Crippen LogP contribution is -2.46. The average molecular weight is 394 g/mol. The first-order chi connectivity index (χ1) is 9.68. The molecule has 0 aromatic heterocycles. The first kappa shape index (κ1) is 22.1. The van der Waals surface area contributed by atoms with Gasteiger partial charge < -0.3 is 9.74 Å². The van der Waals surface area contributed by atoms with Crippen LogP contribution in [0.25, 0.3) is 0 Å². The molecular weight excluding hydrogens is 358 g/mol. The Morgan fingerprint density at radius 1 is 1.18 bits per heavy atom. The van der Waals surface area contributed by atoms with E-state index in [0.29, 0.717) is 19.1 Å². The van der Waals surface area contributed by atoms with Gasteiger partial charge >= 0.3 is 0 Å². The zero-order valence-electron chi connectivity index (χ0n) is 16.0. The number of alkyl halides is 1. The molecule has 0 fully saturated rings. The highest BCUT2D eigenvalue weighted by Crippen LogP contribution is 2.37. The van der Waals surface area contributed by atoms with Crippen molar-refractivity contribution in [1.82, 2.24) is 5.32 Å². The van der Waals surface area contributed by atoms with Crippen LogP contribution in [0.1, 0.15) is 54.9 Å². The lowest BCUT2D eigenvalue weighted by atomic mass is 9.95. The number of hydrogen-bond donors (Lipinski definition) is 1. The van der Waals surface area contributed by atoms with Gasteiger partial charge in [-0.25, -0.2) is 0 Å². The molecule has 22 heavy (non-hydrogen) atoms. The third-order valence-electron chi connectivity index (χ3n) is 4.33. The van der Waals surface area contributed by atoms with Crippen LogP contribution in [0.3, 0.4) is 0 Å². The number of carbonyl (C=O) groups excluding carboxylic acids is 1. The standard InChI is InChI=1S/C17H36BrNO2Si/c1-13(2)10-14(18)15(20)19-11-17(6,7)12-21-22(8,9)16(3,4)5/h13-14H,10-12H2,1-9H3,(H,19,20)/t14-/m1/s1. The number of hydrogen-bond acceptors (Lipinski definition) is 2. The van der Waals surface area contributed by atoms with Crippen LogP contribution in [-0.4, -0.2) is 32.2 Å². The van der Waals surface area contributed by atoms with Gasteiger partial charge in [-0.2, -0.15) is 0 Å². The van der Waals surface area contributed by atoms with E-state index in [1.807, 2.05) is 0 Å². The SMILES string of the molecule is CC(C)C[C@@H](Br)C(=O)NCC(C)(C)CO[Si](C)(C)C(C)(C)C. The molecule has 0 unspecified atom stereocenters. The number of rotatable bonds is 8. The Morgan fingerprint density at radius 3 is 2.09 bits per heavy atom. The molecule has 0 aromatic carbocycles. The maximum atomic E-state index is 12.1. The second kappa shape index (κ2) is 8.29. The van der Waals surface area contributed by atoms with Gasteiger partial charge in [-0.15, -0.1) is 0 Å². The van der Waals surface area contributed by atoms with E-state index in [1.165, 1.54) is 0 Å². The molecule has 0 radical (unpaired) electrons. The summed E-state index contributed by atoms with van der Waals surface area (Å²) in [5, 5.41) is 3.27. The number of nitrogens with one attached hydrogen (secondary N) is 1. The lowest BCUT2D eigenvalue weighted by molar-refractivity contribution is -0.121. The minimum atomic E-state index is -1.74. The molecule has 0 rings (SSSR count). The summed E-state index contributed by atoms with van der Waals surface area (Å²) in [6, 6.07) is 0. The zero-order valence-corrected chi connectivity index (χ0v) is 18.6. The molecule has 0 aliphatic carbocycles. The Hall–Kier alpha value is 0.127. The monoisotopic (exact) mass is 393 g/mol. The van der Waals surface area contributed by atoms with Crippen molar-refractivity contribution in [2.75, 3.05) is 13.2 Å². The first-order valence-electron chi connectivity index (χ1n) is 8.24. The van der Waals surface area contributed by atoms with Crippen molar-refractivity contribution in [3.8, 4) is 0 Å². The third-order valence-corrected chi connectivity index (χ3v) is 9.60. The van der Waals surface area contributed by atoms with Crippen molar-refractivity contribution in [3.05, 3.63) is 0 Å². The molecule has 1 atom stereocenters. The molecule has 1 amide bonds. The van der Waals surface area contributed by atoms with Crippen molar-refractivity contribution >= 4 is 30.2 Å². The van der Waals surface area contributed by atoms with E-state index in [1.54, 1.807) is 0 Å². The van der Waals surface area contributed by atoms with Gasteiger partial charge in [-0.1, -0.05) is 64.4 Å². The van der Waals surface area contributed by atoms with Crippen LogP contribution in [0.5, 0.6) is 0 Å². The van der Waals surface area contributed by atoms with Gasteiger partial charge in [0.2, 0.25) is 5.91 Å². The van der Waals surface area contributed by atoms with Crippen LogP contribution in [0.2, 0.25) is 18.1 Å². The average Bonchev–Trinajstić information content (AvgIpc) is 2.31. The van der Waals surface area contributed by atoms with Crippen molar-refractivity contribution < 1.29 is 9.22 Å². The highest BCUT2D eigenvalue weighted by molar-refractivity contribution is 9.10. The highest BCUT2D eigenvalue weighted by atomic mass is 79.9. The van der Waals surface area contributed by atoms with Crippen LogP contribution in [-0.2, 0) is 9.22 Å². The summed E-state index contributed by atoms with van der Waals surface area (Å²) in [5.41, 5.74) is -0.0598. The number of carbonyl (C=O) groups is 1. The molecule has 0 heterocycles. The maximum absolute atomic E-state index is 12.1. The van der Waals surface area contributed by atoms with E-state index in [9.17, 15) is 4.79 Å². The Kier molecular flexibility index (Phi) is 8.34. The summed E-state index contributed by atoms with van der Waals surface area (Å²) in [5.74, 6) is 0.583. The minimum Gasteiger partial charge on any atom is -0.416 e. The Labute approximate surface area is 147 Å². The normalized spacial score (nSPS) is 15.0. The largest absolute Gasteiger partial charge is 0.416 e. The van der Waals surface area contributed by atoms with E-state index >= 15 is 0 Å². The summed E-state index contributed by atoms with van der Waals surface area (Å²) >= 11 is 3.47. The molecule has 0 spiro atoms. The van der Waals surface area contributed by atoms with E-state index in [-0.39, 0.29) is 21.2 Å². The van der Waals surface area contributed by atoms with E-state index in [0.717, 1.165) is 6.42 Å². The van der Waals surface area contributed by atoms with Crippen LogP contribution < -0.4 is 5.32 Å². The van der Waals surface area contributed by atoms with Gasteiger partial charge in [-0.3, -0.25) is 4.79 Å². The topological polar surface area (TPSA) is 38.3 Å². The summed E-state index contributed by atoms with van der Waals surface area (Å²) in [4.78, 5) is 12.0. The molecule has 3 nitrogen and oxygen atoms in total. The van der Waals surface area contributed by atoms with Gasteiger partial charge in [0.05, 0.1) is 4.83 Å². The van der Waals surface area contributed by atoms with Gasteiger partial charge in [0.15, 0.2) is 8.32 Å². The Bertz CT molecular complexity index is 362. The van der Waals surface area contributed by atoms with Crippen molar-refractivity contribution in [2.24, 2.45) is 11.3 Å². The van der Waals surface area contributed by atoms with Crippen molar-refractivity contribution in [3.63, 3.8) is 0 Å². The summed E-state index contributed by atoms with van der Waals surface area (Å²) in [7, 11) is -1.74. The van der Waals surface area contributed by atoms with E-state index < -0.39 is 8.32 Å². The predicted octanol–water partition coefficient (Wildman–Crippen LogP) is 4.96. The summed E-state index contributed by atoms with van der Waals surface area (Å²) < 4.78 is 6.29. The molecule has 0 bridgehead atoms. The predicted molar refractivity (Wildman–Crippen MR) is 102 cm³/mol. The molecular formula is C17H36BrNO2Si. The third kappa shape index (κ3) is 8.11. The molecule has 132 valence electrons. The fraction of sp³-hybridized carbons (Fsp3) is 0.941. The van der Waals surface area contributed by atoms with Gasteiger partial charge in [0.25, 0.3) is 0 Å². The zero-order chi connectivity index (χ0) is 17.8. The second-order valence-electron chi connectivity index (χ2n) is 9.03. The molecule has 0 aliphatic heterocycles. The van der Waals surface area contributed by atoms with Crippen LogP contribution in [0.4, 0.5) is 0 Å². The highest BCUT2D eigenvalue weighted by Gasteiger charge is 2.38. The van der Waals surface area contributed by atoms with E-state index in [2.05, 4.69) is 82.8 Å². The quantitative estimate of drug-likeness (QED) is 0.467. The fourth-order valence-corrected chi connectivity index (χ4v) is 3.70. The minimum absolute atomic E-state index is 0.0598. The Balaban J connectivity index is 4.39. The second-order valence-corrected chi connectivity index (χ2v) is 14.9.